The highest BCUT2D eigenvalue weighted by molar-refractivity contribution is 6.30. The van der Waals surface area contributed by atoms with Gasteiger partial charge < -0.3 is 9.64 Å². The molecule has 0 spiro atoms. The predicted octanol–water partition coefficient (Wildman–Crippen LogP) is 4.77. The summed E-state index contributed by atoms with van der Waals surface area (Å²) in [7, 11) is 1.51. The van der Waals surface area contributed by atoms with E-state index >= 15 is 4.39 Å². The topological polar surface area (TPSA) is 77.3 Å². The molecule has 34 heavy (non-hydrogen) atoms. The number of ether oxygens (including phenoxy) is 1. The van der Waals surface area contributed by atoms with Gasteiger partial charge in [-0.1, -0.05) is 11.6 Å². The number of rotatable bonds is 4. The van der Waals surface area contributed by atoms with E-state index in [1.165, 1.54) is 30.0 Å². The van der Waals surface area contributed by atoms with Gasteiger partial charge in [0.15, 0.2) is 5.82 Å². The molecule has 2 aromatic carbocycles. The molecule has 1 aliphatic heterocycles. The molecule has 0 aliphatic carbocycles. The van der Waals surface area contributed by atoms with Crippen LogP contribution in [0.1, 0.15) is 19.3 Å². The molecule has 1 amide bonds. The lowest BCUT2D eigenvalue weighted by molar-refractivity contribution is -0.119. The Labute approximate surface area is 199 Å². The number of hydrogen-bond donors (Lipinski definition) is 0. The summed E-state index contributed by atoms with van der Waals surface area (Å²) in [6, 6.07) is 12.6. The number of amides is 1. The van der Waals surface area contributed by atoms with E-state index in [2.05, 4.69) is 9.97 Å². The molecule has 9 heteroatoms. The van der Waals surface area contributed by atoms with Crippen LogP contribution in [0.3, 0.4) is 0 Å². The number of hydrogen-bond acceptors (Lipinski definition) is 5. The minimum absolute atomic E-state index is 0.0292. The number of carbonyl (C=O) groups is 1. The number of anilines is 1. The molecule has 3 heterocycles. The van der Waals surface area contributed by atoms with Gasteiger partial charge in [-0.15, -0.1) is 0 Å². The van der Waals surface area contributed by atoms with Gasteiger partial charge in [-0.05, 0) is 61.4 Å². The molecular formula is C25H20ClFN4O3. The number of piperidine rings is 1. The maximum Gasteiger partial charge on any atom is 0.267 e. The number of aromatic nitrogens is 3. The molecule has 0 N–H and O–H groups in total. The molecule has 0 saturated carbocycles. The van der Waals surface area contributed by atoms with Gasteiger partial charge in [0.2, 0.25) is 5.91 Å². The van der Waals surface area contributed by atoms with Gasteiger partial charge in [0.1, 0.15) is 17.4 Å². The van der Waals surface area contributed by atoms with Crippen LogP contribution in [0.5, 0.6) is 5.75 Å². The molecule has 1 aliphatic rings. The van der Waals surface area contributed by atoms with Gasteiger partial charge in [0, 0.05) is 24.8 Å². The molecule has 5 rings (SSSR count). The monoisotopic (exact) mass is 478 g/mol. The Morgan fingerprint density at radius 1 is 1.06 bits per heavy atom. The highest BCUT2D eigenvalue weighted by atomic mass is 35.5. The van der Waals surface area contributed by atoms with Crippen molar-refractivity contribution < 1.29 is 13.9 Å². The lowest BCUT2D eigenvalue weighted by Crippen LogP contribution is -2.35. The number of benzene rings is 2. The zero-order valence-electron chi connectivity index (χ0n) is 18.3. The van der Waals surface area contributed by atoms with Crippen molar-refractivity contribution in [3.63, 3.8) is 0 Å². The molecule has 172 valence electrons. The highest BCUT2D eigenvalue weighted by Gasteiger charge is 2.23. The number of carbonyl (C=O) groups excluding carboxylic acids is 1. The third-order valence-electron chi connectivity index (χ3n) is 5.84. The largest absolute Gasteiger partial charge is 0.497 e. The molecule has 4 aromatic rings. The molecule has 0 atom stereocenters. The van der Waals surface area contributed by atoms with Crippen molar-refractivity contribution in [3.8, 4) is 23.0 Å². The first-order valence-electron chi connectivity index (χ1n) is 10.8. The predicted molar refractivity (Wildman–Crippen MR) is 128 cm³/mol. The van der Waals surface area contributed by atoms with E-state index in [0.29, 0.717) is 40.3 Å². The SMILES string of the molecule is COc1ccc2nc(-c3ccc(N4CCCCC4=O)cc3F)n(-c3ccc(Cl)cn3)c(=O)c2c1. The van der Waals surface area contributed by atoms with Crippen molar-refractivity contribution in [1.29, 1.82) is 0 Å². The summed E-state index contributed by atoms with van der Waals surface area (Å²) in [4.78, 5) is 36.3. The van der Waals surface area contributed by atoms with Crippen LogP contribution in [0.15, 0.2) is 59.5 Å². The fourth-order valence-corrected chi connectivity index (χ4v) is 4.23. The van der Waals surface area contributed by atoms with Crippen LogP contribution in [0.25, 0.3) is 28.1 Å². The Bertz CT molecular complexity index is 1470. The fourth-order valence-electron chi connectivity index (χ4n) is 4.12. The van der Waals surface area contributed by atoms with Crippen LogP contribution in [0.2, 0.25) is 5.02 Å². The lowest BCUT2D eigenvalue weighted by atomic mass is 10.1. The minimum Gasteiger partial charge on any atom is -0.497 e. The van der Waals surface area contributed by atoms with Crippen LogP contribution in [0.4, 0.5) is 10.1 Å². The highest BCUT2D eigenvalue weighted by Crippen LogP contribution is 2.30. The second kappa shape index (κ2) is 8.87. The first-order valence-corrected chi connectivity index (χ1v) is 11.2. The summed E-state index contributed by atoms with van der Waals surface area (Å²) in [5.41, 5.74) is 0.555. The zero-order valence-corrected chi connectivity index (χ0v) is 19.1. The van der Waals surface area contributed by atoms with Crippen LogP contribution in [-0.2, 0) is 4.79 Å². The molecule has 0 unspecified atom stereocenters. The third kappa shape index (κ3) is 3.90. The maximum absolute atomic E-state index is 15.5. The van der Waals surface area contributed by atoms with E-state index in [4.69, 9.17) is 16.3 Å². The number of pyridine rings is 1. The van der Waals surface area contributed by atoms with Crippen molar-refractivity contribution >= 4 is 34.1 Å². The lowest BCUT2D eigenvalue weighted by Gasteiger charge is -2.27. The molecule has 1 saturated heterocycles. The van der Waals surface area contributed by atoms with Gasteiger partial charge in [0.05, 0.1) is 28.6 Å². The summed E-state index contributed by atoms with van der Waals surface area (Å²) in [6.07, 6.45) is 3.56. The van der Waals surface area contributed by atoms with E-state index in [1.807, 2.05) is 0 Å². The van der Waals surface area contributed by atoms with E-state index in [9.17, 15) is 9.59 Å². The average Bonchev–Trinajstić information content (AvgIpc) is 2.85. The Kier molecular flexibility index (Phi) is 5.75. The first-order chi connectivity index (χ1) is 16.5. The maximum atomic E-state index is 15.5. The molecule has 7 nitrogen and oxygen atoms in total. The number of nitrogens with zero attached hydrogens (tertiary/aromatic N) is 4. The minimum atomic E-state index is -0.599. The van der Waals surface area contributed by atoms with Crippen molar-refractivity contribution in [2.24, 2.45) is 0 Å². The zero-order chi connectivity index (χ0) is 23.8. The Hall–Kier alpha value is -3.78. The van der Waals surface area contributed by atoms with Crippen LogP contribution < -0.4 is 15.2 Å². The van der Waals surface area contributed by atoms with E-state index in [0.717, 1.165) is 12.8 Å². The van der Waals surface area contributed by atoms with Gasteiger partial charge in [-0.2, -0.15) is 0 Å². The van der Waals surface area contributed by atoms with Gasteiger partial charge in [-0.25, -0.2) is 18.9 Å². The summed E-state index contributed by atoms with van der Waals surface area (Å²) in [6.45, 7) is 0.549. The second-order valence-electron chi connectivity index (χ2n) is 7.96. The normalized spacial score (nSPS) is 14.0. The van der Waals surface area contributed by atoms with Crippen molar-refractivity contribution in [2.45, 2.75) is 19.3 Å². The summed E-state index contributed by atoms with van der Waals surface area (Å²) >= 11 is 5.98. The fraction of sp³-hybridized carbons (Fsp3) is 0.200. The number of methoxy groups -OCH3 is 1. The van der Waals surface area contributed by atoms with Gasteiger partial charge >= 0.3 is 0 Å². The van der Waals surface area contributed by atoms with Crippen LogP contribution >= 0.6 is 11.6 Å². The summed E-state index contributed by atoms with van der Waals surface area (Å²) < 4.78 is 22.0. The van der Waals surface area contributed by atoms with Crippen LogP contribution in [0, 0.1) is 5.82 Å². The van der Waals surface area contributed by atoms with Gasteiger partial charge in [0.25, 0.3) is 5.56 Å². The number of halogens is 2. The standard InChI is InChI=1S/C25H20ClFN4O3/c1-34-17-7-9-21-19(13-17)25(33)31(22-10-5-15(26)14-28-22)24(29-21)18-8-6-16(12-20(18)27)30-11-3-2-4-23(30)32/h5-10,12-14H,2-4,11H2,1H3. The van der Waals surface area contributed by atoms with Gasteiger partial charge in [-0.3, -0.25) is 9.59 Å². The molecular weight excluding hydrogens is 459 g/mol. The van der Waals surface area contributed by atoms with Crippen molar-refractivity contribution in [3.05, 3.63) is 75.9 Å². The first kappa shape index (κ1) is 22.0. The van der Waals surface area contributed by atoms with E-state index < -0.39 is 11.4 Å². The molecule has 1 fully saturated rings. The summed E-state index contributed by atoms with van der Waals surface area (Å²) in [5, 5.41) is 0.700. The molecule has 2 aromatic heterocycles. The third-order valence-corrected chi connectivity index (χ3v) is 6.07. The summed E-state index contributed by atoms with van der Waals surface area (Å²) in [5.74, 6) is 0.205. The van der Waals surface area contributed by atoms with Crippen molar-refractivity contribution in [2.75, 3.05) is 18.6 Å². The Morgan fingerprint density at radius 3 is 2.62 bits per heavy atom. The Morgan fingerprint density at radius 2 is 1.91 bits per heavy atom. The van der Waals surface area contributed by atoms with Crippen LogP contribution in [-0.4, -0.2) is 34.1 Å². The molecule has 0 radical (unpaired) electrons. The smallest absolute Gasteiger partial charge is 0.267 e. The molecule has 0 bridgehead atoms. The van der Waals surface area contributed by atoms with E-state index in [1.54, 1.807) is 41.3 Å². The van der Waals surface area contributed by atoms with E-state index in [-0.39, 0.29) is 23.1 Å². The quantitative estimate of drug-likeness (QED) is 0.422. The van der Waals surface area contributed by atoms with Crippen molar-refractivity contribution in [1.82, 2.24) is 14.5 Å². The second-order valence-corrected chi connectivity index (χ2v) is 8.40. The average molecular weight is 479 g/mol. The Balaban J connectivity index is 1.72. The number of fused-ring (bicyclic) bond motifs is 1.